The number of amides is 1. The molecule has 2 saturated heterocycles. The number of methoxy groups -OCH3 is 1. The van der Waals surface area contributed by atoms with E-state index in [0.717, 1.165) is 45.8 Å². The van der Waals surface area contributed by atoms with E-state index < -0.39 is 0 Å². The Kier molecular flexibility index (Phi) is 5.31. The summed E-state index contributed by atoms with van der Waals surface area (Å²) in [4.78, 5) is 17.1. The number of ether oxygens (including phenoxy) is 2. The van der Waals surface area contributed by atoms with Gasteiger partial charge < -0.3 is 14.4 Å². The third-order valence-electron chi connectivity index (χ3n) is 4.49. The molecule has 1 atom stereocenters. The molecule has 0 bridgehead atoms. The van der Waals surface area contributed by atoms with Crippen molar-refractivity contribution < 1.29 is 14.3 Å². The zero-order valence-corrected chi connectivity index (χ0v) is 14.6. The Bertz CT molecular complexity index is 591. The first-order valence-corrected chi connectivity index (χ1v) is 8.50. The van der Waals surface area contributed by atoms with E-state index in [0.29, 0.717) is 27.4 Å². The smallest absolute Gasteiger partial charge is 0.257 e. The monoisotopic (exact) mass is 358 g/mol. The Morgan fingerprint density at radius 3 is 2.61 bits per heavy atom. The summed E-state index contributed by atoms with van der Waals surface area (Å²) in [6, 6.07) is 3.58. The van der Waals surface area contributed by atoms with Crippen LogP contribution in [-0.2, 0) is 4.74 Å². The second-order valence-electron chi connectivity index (χ2n) is 5.81. The van der Waals surface area contributed by atoms with Gasteiger partial charge in [-0.1, -0.05) is 23.2 Å². The molecule has 0 aliphatic carbocycles. The molecule has 3 rings (SSSR count). The molecule has 5 nitrogen and oxygen atoms in total. The highest BCUT2D eigenvalue weighted by molar-refractivity contribution is 6.42. The summed E-state index contributed by atoms with van der Waals surface area (Å²) < 4.78 is 10.7. The number of rotatable bonds is 3. The minimum absolute atomic E-state index is 0.0591. The van der Waals surface area contributed by atoms with Crippen molar-refractivity contribution in [1.29, 1.82) is 0 Å². The average Bonchev–Trinajstić information content (AvgIpc) is 3.07. The van der Waals surface area contributed by atoms with Gasteiger partial charge in [0.05, 0.1) is 35.9 Å². The summed E-state index contributed by atoms with van der Waals surface area (Å²) in [6.07, 6.45) is 0.982. The number of carbonyl (C=O) groups is 1. The zero-order chi connectivity index (χ0) is 16.4. The molecule has 0 aromatic heterocycles. The molecule has 2 heterocycles. The number of carbonyl (C=O) groups excluding carboxylic acids is 1. The summed E-state index contributed by atoms with van der Waals surface area (Å²) >= 11 is 12.1. The fourth-order valence-corrected chi connectivity index (χ4v) is 3.52. The second kappa shape index (κ2) is 7.26. The van der Waals surface area contributed by atoms with Crippen LogP contribution in [0.4, 0.5) is 0 Å². The summed E-state index contributed by atoms with van der Waals surface area (Å²) in [7, 11) is 1.52. The van der Waals surface area contributed by atoms with Gasteiger partial charge in [0, 0.05) is 38.3 Å². The van der Waals surface area contributed by atoms with E-state index >= 15 is 0 Å². The largest absolute Gasteiger partial charge is 0.496 e. The van der Waals surface area contributed by atoms with Gasteiger partial charge in [0.1, 0.15) is 5.75 Å². The van der Waals surface area contributed by atoms with Gasteiger partial charge in [0.2, 0.25) is 0 Å². The van der Waals surface area contributed by atoms with Crippen LogP contribution in [0.15, 0.2) is 12.1 Å². The Balaban J connectivity index is 1.73. The fourth-order valence-electron chi connectivity index (χ4n) is 3.20. The van der Waals surface area contributed by atoms with E-state index in [1.807, 2.05) is 4.90 Å². The lowest BCUT2D eigenvalue weighted by Crippen LogP contribution is -2.45. The van der Waals surface area contributed by atoms with Crippen LogP contribution < -0.4 is 4.74 Å². The van der Waals surface area contributed by atoms with Gasteiger partial charge in [0.15, 0.2) is 0 Å². The zero-order valence-electron chi connectivity index (χ0n) is 13.1. The molecular weight excluding hydrogens is 339 g/mol. The number of morpholine rings is 1. The van der Waals surface area contributed by atoms with Gasteiger partial charge >= 0.3 is 0 Å². The SMILES string of the molecule is COc1cc(Cl)c(Cl)cc1C(=O)N1CCC(N2CCOCC2)C1. The van der Waals surface area contributed by atoms with Crippen molar-refractivity contribution in [2.75, 3.05) is 46.5 Å². The van der Waals surface area contributed by atoms with Crippen molar-refractivity contribution in [1.82, 2.24) is 9.80 Å². The Hall–Kier alpha value is -1.01. The van der Waals surface area contributed by atoms with Gasteiger partial charge in [0.25, 0.3) is 5.91 Å². The van der Waals surface area contributed by atoms with Gasteiger partial charge in [-0.05, 0) is 12.5 Å². The third kappa shape index (κ3) is 3.58. The lowest BCUT2D eigenvalue weighted by Gasteiger charge is -2.32. The molecule has 0 radical (unpaired) electrons. The summed E-state index contributed by atoms with van der Waals surface area (Å²) in [5.74, 6) is 0.399. The van der Waals surface area contributed by atoms with Crippen LogP contribution in [0.5, 0.6) is 5.75 Å². The van der Waals surface area contributed by atoms with E-state index in [1.165, 1.54) is 7.11 Å². The summed E-state index contributed by atoms with van der Waals surface area (Å²) in [5.41, 5.74) is 0.463. The molecule has 0 spiro atoms. The lowest BCUT2D eigenvalue weighted by molar-refractivity contribution is 0.0185. The topological polar surface area (TPSA) is 42.0 Å². The minimum atomic E-state index is -0.0591. The maximum atomic E-state index is 12.8. The van der Waals surface area contributed by atoms with Crippen LogP contribution in [0.1, 0.15) is 16.8 Å². The molecular formula is C16H20Cl2N2O3. The number of hydrogen-bond acceptors (Lipinski definition) is 4. The van der Waals surface area contributed by atoms with Crippen LogP contribution >= 0.6 is 23.2 Å². The molecule has 2 aliphatic heterocycles. The van der Waals surface area contributed by atoms with E-state index in [1.54, 1.807) is 12.1 Å². The Morgan fingerprint density at radius 2 is 1.91 bits per heavy atom. The molecule has 0 N–H and O–H groups in total. The van der Waals surface area contributed by atoms with Gasteiger partial charge in [-0.3, -0.25) is 9.69 Å². The molecule has 23 heavy (non-hydrogen) atoms. The van der Waals surface area contributed by atoms with E-state index in [2.05, 4.69) is 4.90 Å². The van der Waals surface area contributed by atoms with Crippen LogP contribution in [0, 0.1) is 0 Å². The molecule has 1 amide bonds. The van der Waals surface area contributed by atoms with E-state index in [4.69, 9.17) is 32.7 Å². The number of halogens is 2. The standard InChI is InChI=1S/C16H20Cl2N2O3/c1-22-15-9-14(18)13(17)8-12(15)16(21)20-3-2-11(10-20)19-4-6-23-7-5-19/h8-9,11H,2-7,10H2,1H3. The van der Waals surface area contributed by atoms with E-state index in [-0.39, 0.29) is 5.91 Å². The summed E-state index contributed by atoms with van der Waals surface area (Å²) in [6.45, 7) is 4.87. The van der Waals surface area contributed by atoms with Gasteiger partial charge in [-0.2, -0.15) is 0 Å². The van der Waals surface area contributed by atoms with Gasteiger partial charge in [-0.25, -0.2) is 0 Å². The molecule has 1 unspecified atom stereocenters. The van der Waals surface area contributed by atoms with Crippen molar-refractivity contribution >= 4 is 29.1 Å². The van der Waals surface area contributed by atoms with Crippen molar-refractivity contribution in [2.24, 2.45) is 0 Å². The molecule has 0 saturated carbocycles. The van der Waals surface area contributed by atoms with E-state index in [9.17, 15) is 4.79 Å². The third-order valence-corrected chi connectivity index (χ3v) is 5.21. The maximum Gasteiger partial charge on any atom is 0.257 e. The fraction of sp³-hybridized carbons (Fsp3) is 0.562. The van der Waals surface area contributed by atoms with Crippen molar-refractivity contribution in [3.63, 3.8) is 0 Å². The first-order valence-electron chi connectivity index (χ1n) is 7.74. The normalized spacial score (nSPS) is 22.4. The number of nitrogens with zero attached hydrogens (tertiary/aromatic N) is 2. The van der Waals surface area contributed by atoms with Crippen molar-refractivity contribution in [3.05, 3.63) is 27.7 Å². The first kappa shape index (κ1) is 16.8. The quantitative estimate of drug-likeness (QED) is 0.832. The predicted molar refractivity (Wildman–Crippen MR) is 89.7 cm³/mol. The number of hydrogen-bond donors (Lipinski definition) is 0. The number of benzene rings is 1. The molecule has 1 aromatic rings. The lowest BCUT2D eigenvalue weighted by atomic mass is 10.1. The molecule has 7 heteroatoms. The molecule has 126 valence electrons. The Labute approximate surface area is 146 Å². The maximum absolute atomic E-state index is 12.8. The highest BCUT2D eigenvalue weighted by Gasteiger charge is 2.32. The molecule has 2 aliphatic rings. The molecule has 1 aromatic carbocycles. The minimum Gasteiger partial charge on any atom is -0.496 e. The van der Waals surface area contributed by atoms with Crippen molar-refractivity contribution in [3.8, 4) is 5.75 Å². The highest BCUT2D eigenvalue weighted by atomic mass is 35.5. The summed E-state index contributed by atoms with van der Waals surface area (Å²) in [5, 5.41) is 0.743. The highest BCUT2D eigenvalue weighted by Crippen LogP contribution is 2.32. The Morgan fingerprint density at radius 1 is 1.22 bits per heavy atom. The van der Waals surface area contributed by atoms with Crippen LogP contribution in [0.2, 0.25) is 10.0 Å². The average molecular weight is 359 g/mol. The van der Waals surface area contributed by atoms with Crippen molar-refractivity contribution in [2.45, 2.75) is 12.5 Å². The molecule has 2 fully saturated rings. The second-order valence-corrected chi connectivity index (χ2v) is 6.62. The predicted octanol–water partition coefficient (Wildman–Crippen LogP) is 2.55. The van der Waals surface area contributed by atoms with Gasteiger partial charge in [-0.15, -0.1) is 0 Å². The van der Waals surface area contributed by atoms with Crippen LogP contribution in [0.25, 0.3) is 0 Å². The van der Waals surface area contributed by atoms with Crippen LogP contribution in [0.3, 0.4) is 0 Å². The number of likely N-dealkylation sites (tertiary alicyclic amines) is 1. The van der Waals surface area contributed by atoms with Crippen LogP contribution in [-0.4, -0.2) is 68.3 Å². The first-order chi connectivity index (χ1) is 11.1.